The molecule has 0 unspecified atom stereocenters. The lowest BCUT2D eigenvalue weighted by Crippen LogP contribution is -2.28. The van der Waals surface area contributed by atoms with Crippen LogP contribution in [0.15, 0.2) is 0 Å². The van der Waals surface area contributed by atoms with Crippen molar-refractivity contribution < 1.29 is 35.8 Å². The van der Waals surface area contributed by atoms with Gasteiger partial charge < -0.3 is 10.1 Å². The fourth-order valence-electron chi connectivity index (χ4n) is 0.696. The van der Waals surface area contributed by atoms with Gasteiger partial charge in [-0.2, -0.15) is 13.2 Å². The molecule has 0 saturated carbocycles. The highest BCUT2D eigenvalue weighted by molar-refractivity contribution is 4.49. The van der Waals surface area contributed by atoms with Crippen LogP contribution < -0.4 is 5.32 Å². The van der Waals surface area contributed by atoms with E-state index in [2.05, 4.69) is 14.8 Å². The Labute approximate surface area is 87.7 Å². The van der Waals surface area contributed by atoms with Crippen molar-refractivity contribution in [2.45, 2.75) is 12.5 Å². The van der Waals surface area contributed by atoms with Gasteiger partial charge in [0.25, 0.3) is 0 Å². The van der Waals surface area contributed by atoms with E-state index in [1.54, 1.807) is 0 Å². The summed E-state index contributed by atoms with van der Waals surface area (Å²) in [6, 6.07) is 0. The highest BCUT2D eigenvalue weighted by atomic mass is 19.4. The van der Waals surface area contributed by atoms with E-state index in [-0.39, 0.29) is 19.7 Å². The Kier molecular flexibility index (Phi) is 6.68. The zero-order chi connectivity index (χ0) is 12.7. The molecule has 0 fully saturated rings. The van der Waals surface area contributed by atoms with Crippen LogP contribution in [-0.2, 0) is 9.47 Å². The van der Waals surface area contributed by atoms with Crippen LogP contribution in [0.3, 0.4) is 0 Å². The maximum absolute atomic E-state index is 11.5. The first-order valence-electron chi connectivity index (χ1n) is 4.26. The van der Waals surface area contributed by atoms with Gasteiger partial charge in [0.05, 0.1) is 13.2 Å². The van der Waals surface area contributed by atoms with Crippen LogP contribution in [0, 0.1) is 0 Å². The lowest BCUT2D eigenvalue weighted by Gasteiger charge is -2.09. The average Bonchev–Trinajstić information content (AvgIpc) is 2.06. The predicted octanol–water partition coefficient (Wildman–Crippen LogP) is 1.69. The van der Waals surface area contributed by atoms with E-state index >= 15 is 0 Å². The van der Waals surface area contributed by atoms with Crippen LogP contribution in [-0.4, -0.2) is 45.4 Å². The second kappa shape index (κ2) is 6.92. The fraction of sp³-hybridized carbons (Fsp3) is 1.00. The molecule has 1 N–H and O–H groups in total. The largest absolute Gasteiger partial charge is 0.522 e. The molecule has 16 heavy (non-hydrogen) atoms. The van der Waals surface area contributed by atoms with Gasteiger partial charge in [-0.3, -0.25) is 4.74 Å². The van der Waals surface area contributed by atoms with Gasteiger partial charge in [0, 0.05) is 13.1 Å². The molecule has 0 aromatic carbocycles. The third-order valence-corrected chi connectivity index (χ3v) is 1.23. The maximum Gasteiger partial charge on any atom is 0.522 e. The van der Waals surface area contributed by atoms with E-state index in [0.717, 1.165) is 0 Å². The van der Waals surface area contributed by atoms with Gasteiger partial charge in [0.15, 0.2) is 0 Å². The molecule has 0 atom stereocenters. The third kappa shape index (κ3) is 13.5. The van der Waals surface area contributed by atoms with E-state index in [0.29, 0.717) is 0 Å². The zero-order valence-electron chi connectivity index (χ0n) is 8.12. The van der Waals surface area contributed by atoms with Crippen LogP contribution in [0.25, 0.3) is 0 Å². The summed E-state index contributed by atoms with van der Waals surface area (Å²) in [4.78, 5) is 0. The minimum atomic E-state index is -4.69. The molecule has 98 valence electrons. The second-order valence-electron chi connectivity index (χ2n) is 2.71. The third-order valence-electron chi connectivity index (χ3n) is 1.23. The first-order valence-corrected chi connectivity index (χ1v) is 4.26. The van der Waals surface area contributed by atoms with Gasteiger partial charge in [-0.25, -0.2) is 0 Å². The van der Waals surface area contributed by atoms with Crippen molar-refractivity contribution in [2.75, 3.05) is 32.9 Å². The number of alkyl halides is 6. The number of halogens is 6. The van der Waals surface area contributed by atoms with Gasteiger partial charge >= 0.3 is 12.5 Å². The van der Waals surface area contributed by atoms with Gasteiger partial charge in [-0.1, -0.05) is 0 Å². The van der Waals surface area contributed by atoms with Gasteiger partial charge in [0.1, 0.15) is 6.61 Å². The number of nitrogens with one attached hydrogen (secondary N) is 1. The highest BCUT2D eigenvalue weighted by Crippen LogP contribution is 2.15. The molecule has 3 nitrogen and oxygen atoms in total. The van der Waals surface area contributed by atoms with Crippen molar-refractivity contribution in [3.05, 3.63) is 0 Å². The van der Waals surface area contributed by atoms with Crippen molar-refractivity contribution in [1.29, 1.82) is 0 Å². The molecule has 0 aromatic heterocycles. The standard InChI is InChI=1S/C7H11F6NO2/c8-6(9,10)5-15-3-1-14-2-4-16-7(11,12)13/h14H,1-5H2. The smallest absolute Gasteiger partial charge is 0.371 e. The Morgan fingerprint density at radius 1 is 0.875 bits per heavy atom. The molecule has 0 aliphatic heterocycles. The predicted molar refractivity (Wildman–Crippen MR) is 41.8 cm³/mol. The number of ether oxygens (including phenoxy) is 2. The number of hydrogen-bond acceptors (Lipinski definition) is 3. The zero-order valence-corrected chi connectivity index (χ0v) is 8.12. The molecule has 0 spiro atoms. The number of hydrogen-bond donors (Lipinski definition) is 1. The molecule has 0 heterocycles. The lowest BCUT2D eigenvalue weighted by atomic mass is 10.6. The highest BCUT2D eigenvalue weighted by Gasteiger charge is 2.28. The summed E-state index contributed by atoms with van der Waals surface area (Å²) < 4.78 is 76.4. The lowest BCUT2D eigenvalue weighted by molar-refractivity contribution is -0.323. The molecular formula is C7H11F6NO2. The SMILES string of the molecule is FC(F)(F)COCCNCCOC(F)(F)F. The monoisotopic (exact) mass is 255 g/mol. The van der Waals surface area contributed by atoms with Crippen LogP contribution in [0.1, 0.15) is 0 Å². The van der Waals surface area contributed by atoms with E-state index < -0.39 is 25.8 Å². The summed E-state index contributed by atoms with van der Waals surface area (Å²) in [5.41, 5.74) is 0. The molecule has 0 aromatic rings. The summed E-state index contributed by atoms with van der Waals surface area (Å²) in [5.74, 6) is 0. The van der Waals surface area contributed by atoms with Crippen molar-refractivity contribution in [3.8, 4) is 0 Å². The quantitative estimate of drug-likeness (QED) is 0.554. The van der Waals surface area contributed by atoms with E-state index in [4.69, 9.17) is 0 Å². The summed E-state index contributed by atoms with van der Waals surface area (Å²) in [6.45, 7) is -2.28. The Hall–Kier alpha value is -0.540. The van der Waals surface area contributed by atoms with Crippen LogP contribution in [0.2, 0.25) is 0 Å². The summed E-state index contributed by atoms with van der Waals surface area (Å²) in [7, 11) is 0. The second-order valence-corrected chi connectivity index (χ2v) is 2.71. The van der Waals surface area contributed by atoms with Crippen molar-refractivity contribution in [2.24, 2.45) is 0 Å². The summed E-state index contributed by atoms with van der Waals surface area (Å²) >= 11 is 0. The van der Waals surface area contributed by atoms with E-state index in [1.165, 1.54) is 0 Å². The Balaban J connectivity index is 3.17. The molecular weight excluding hydrogens is 244 g/mol. The normalized spacial score (nSPS) is 13.1. The maximum atomic E-state index is 11.5. The molecule has 0 aliphatic rings. The molecule has 0 bridgehead atoms. The van der Waals surface area contributed by atoms with Crippen molar-refractivity contribution in [3.63, 3.8) is 0 Å². The van der Waals surface area contributed by atoms with Gasteiger partial charge in [-0.05, 0) is 0 Å². The van der Waals surface area contributed by atoms with Crippen molar-refractivity contribution >= 4 is 0 Å². The topological polar surface area (TPSA) is 30.5 Å². The van der Waals surface area contributed by atoms with Gasteiger partial charge in [0.2, 0.25) is 0 Å². The Morgan fingerprint density at radius 2 is 1.44 bits per heavy atom. The van der Waals surface area contributed by atoms with Crippen LogP contribution in [0.5, 0.6) is 0 Å². The molecule has 0 amide bonds. The average molecular weight is 255 g/mol. The molecule has 0 saturated heterocycles. The van der Waals surface area contributed by atoms with E-state index in [1.807, 2.05) is 0 Å². The first kappa shape index (κ1) is 15.5. The molecule has 9 heteroatoms. The molecule has 0 rings (SSSR count). The van der Waals surface area contributed by atoms with Crippen molar-refractivity contribution in [1.82, 2.24) is 5.32 Å². The first-order chi connectivity index (χ1) is 7.21. The minimum absolute atomic E-state index is 0.0251. The summed E-state index contributed by atoms with van der Waals surface area (Å²) in [5, 5.41) is 2.43. The Morgan fingerprint density at radius 3 is 1.94 bits per heavy atom. The minimum Gasteiger partial charge on any atom is -0.371 e. The van der Waals surface area contributed by atoms with Gasteiger partial charge in [-0.15, -0.1) is 13.2 Å². The molecule has 0 aliphatic carbocycles. The molecule has 0 radical (unpaired) electrons. The van der Waals surface area contributed by atoms with E-state index in [9.17, 15) is 26.3 Å². The fourth-order valence-corrected chi connectivity index (χ4v) is 0.696. The number of rotatable bonds is 7. The summed E-state index contributed by atoms with van der Waals surface area (Å²) in [6.07, 6.45) is -9.08. The van der Waals surface area contributed by atoms with Crippen LogP contribution >= 0.6 is 0 Å². The Bertz CT molecular complexity index is 161. The van der Waals surface area contributed by atoms with Crippen LogP contribution in [0.4, 0.5) is 26.3 Å².